The van der Waals surface area contributed by atoms with Crippen LogP contribution in [0.15, 0.2) is 78.9 Å². The fourth-order valence-corrected chi connectivity index (χ4v) is 9.75. The van der Waals surface area contributed by atoms with Crippen LogP contribution in [0.25, 0.3) is 0 Å². The van der Waals surface area contributed by atoms with Crippen LogP contribution in [0.3, 0.4) is 0 Å². The van der Waals surface area contributed by atoms with Gasteiger partial charge in [0.1, 0.15) is 42.0 Å². The molecule has 7 atom stereocenters. The third-order valence-electron chi connectivity index (χ3n) is 11.0. The normalized spacial score (nSPS) is 18.9. The molecule has 1 heterocycles. The van der Waals surface area contributed by atoms with Crippen molar-refractivity contribution < 1.29 is 75.6 Å². The van der Waals surface area contributed by atoms with Crippen molar-refractivity contribution in [3.63, 3.8) is 0 Å². The molecule has 71 heavy (non-hydrogen) atoms. The molecule has 1 aliphatic rings. The average Bonchev–Trinajstić information content (AvgIpc) is 3.33. The predicted molar refractivity (Wildman–Crippen MR) is 260 cm³/mol. The van der Waals surface area contributed by atoms with Gasteiger partial charge in [0.25, 0.3) is 8.53 Å². The monoisotopic (exact) mass is 1010 g/mol. The van der Waals surface area contributed by atoms with Gasteiger partial charge in [0.15, 0.2) is 12.4 Å². The zero-order chi connectivity index (χ0) is 51.9. The van der Waals surface area contributed by atoms with E-state index in [9.17, 15) is 24.4 Å². The van der Waals surface area contributed by atoms with Gasteiger partial charge in [-0.3, -0.25) is 19.2 Å². The van der Waals surface area contributed by atoms with Gasteiger partial charge in [-0.2, -0.15) is 5.26 Å². The number of benzene rings is 3. The van der Waals surface area contributed by atoms with E-state index in [1.807, 2.05) is 78.9 Å². The largest absolute Gasteiger partial charge is 0.497 e. The number of rotatable bonds is 31. The summed E-state index contributed by atoms with van der Waals surface area (Å²) in [5, 5.41) is 9.41. The first-order valence-corrected chi connectivity index (χ1v) is 24.6. The maximum atomic E-state index is 12.2. The highest BCUT2D eigenvalue weighted by atomic mass is 31.2. The van der Waals surface area contributed by atoms with E-state index in [2.05, 4.69) is 38.4 Å². The van der Waals surface area contributed by atoms with Crippen LogP contribution < -0.4 is 15.2 Å². The quantitative estimate of drug-likeness (QED) is 0.0243. The topological polar surface area (TPSA) is 232 Å². The summed E-state index contributed by atoms with van der Waals surface area (Å²) >= 11 is 0. The Hall–Kier alpha value is -5.26. The second-order valence-corrected chi connectivity index (χ2v) is 18.4. The Morgan fingerprint density at radius 1 is 0.732 bits per heavy atom. The smallest absolute Gasteiger partial charge is 0.303 e. The molecule has 1 amide bonds. The number of methoxy groups -OCH3 is 2. The minimum absolute atomic E-state index is 0.0189. The summed E-state index contributed by atoms with van der Waals surface area (Å²) in [5.74, 6) is -2.46. The minimum atomic E-state index is -1.73. The maximum Gasteiger partial charge on any atom is 0.303 e. The van der Waals surface area contributed by atoms with Crippen LogP contribution >= 0.6 is 8.53 Å². The van der Waals surface area contributed by atoms with Gasteiger partial charge in [-0.1, -0.05) is 54.6 Å². The van der Waals surface area contributed by atoms with Gasteiger partial charge < -0.3 is 62.1 Å². The summed E-state index contributed by atoms with van der Waals surface area (Å²) in [4.78, 5) is 48.4. The van der Waals surface area contributed by atoms with Crippen LogP contribution in [0.2, 0.25) is 0 Å². The Morgan fingerprint density at radius 2 is 1.28 bits per heavy atom. The first kappa shape index (κ1) is 58.3. The van der Waals surface area contributed by atoms with Gasteiger partial charge in [-0.05, 0) is 68.7 Å². The first-order chi connectivity index (χ1) is 34.0. The molecule has 1 fully saturated rings. The van der Waals surface area contributed by atoms with Crippen LogP contribution in [0.5, 0.6) is 11.5 Å². The second kappa shape index (κ2) is 29.9. The molecule has 0 bridgehead atoms. The molecule has 0 aromatic heterocycles. The minimum Gasteiger partial charge on any atom is -0.497 e. The molecule has 0 aliphatic carbocycles. The van der Waals surface area contributed by atoms with Crippen LogP contribution in [0, 0.1) is 17.2 Å². The number of esters is 3. The van der Waals surface area contributed by atoms with Crippen molar-refractivity contribution in [3.8, 4) is 17.6 Å². The average molecular weight is 1010 g/mol. The van der Waals surface area contributed by atoms with Crippen molar-refractivity contribution in [2.24, 2.45) is 11.7 Å². The van der Waals surface area contributed by atoms with E-state index in [0.717, 1.165) is 30.5 Å². The molecule has 20 heteroatoms. The number of nitrogens with zero attached hydrogens (tertiary/aromatic N) is 2. The van der Waals surface area contributed by atoms with E-state index in [1.165, 1.54) is 6.92 Å². The molecule has 1 unspecified atom stereocenters. The van der Waals surface area contributed by atoms with E-state index in [-0.39, 0.29) is 77.8 Å². The van der Waals surface area contributed by atoms with Crippen molar-refractivity contribution in [3.05, 3.63) is 95.6 Å². The summed E-state index contributed by atoms with van der Waals surface area (Å²) in [6, 6.07) is 27.5. The molecule has 3 aromatic rings. The van der Waals surface area contributed by atoms with Crippen molar-refractivity contribution >= 4 is 32.3 Å². The summed E-state index contributed by atoms with van der Waals surface area (Å²) in [6.45, 7) is 11.8. The SMILES string of the molecule is COc1ccc(C(OC[C@H](COCCOCCO[C@@H]2O[C@H](COC(C)=O)[C@H](OC(C)=O)[C@H](OC(C)=O)[C@H]2CC(N)=O)OP(OCCC#N)N(C(C)C)C(C)C)(c2ccccc2)c2ccc(OC)cc2)cc1. The lowest BCUT2D eigenvalue weighted by Crippen LogP contribution is -2.60. The van der Waals surface area contributed by atoms with Crippen molar-refractivity contribution in [1.29, 1.82) is 5.26 Å². The van der Waals surface area contributed by atoms with E-state index < -0.39 is 74.6 Å². The molecule has 0 saturated carbocycles. The molecule has 1 saturated heterocycles. The fourth-order valence-electron chi connectivity index (χ4n) is 8.06. The standard InChI is InChI=1S/C51H70N3O16P/c1-34(2)54(35(3)4)71(66-25-13-24-52)70-44(32-65-51(39-14-11-10-12-15-39,40-16-20-42(59-8)21-17-40)41-18-22-43(60-9)23-19-41)31-62-27-26-61-28-29-63-50-45(30-47(53)58)48(67-37(6)56)49(68-38(7)57)46(69-50)33-64-36(5)55/h10-12,14-23,34-35,44-46,48-50H,13,25-33H2,1-9H3,(H2,53,58)/t44-,45+,46+,48+,49-,50+,71?/m0/s1. The summed E-state index contributed by atoms with van der Waals surface area (Å²) in [7, 11) is 1.50. The molecule has 3 aromatic carbocycles. The number of hydrogen-bond donors (Lipinski definition) is 1. The Balaban J connectivity index is 1.56. The Labute approximate surface area is 418 Å². The zero-order valence-electron chi connectivity index (χ0n) is 42.1. The summed E-state index contributed by atoms with van der Waals surface area (Å²) in [5.41, 5.74) is 6.93. The lowest BCUT2D eigenvalue weighted by molar-refractivity contribution is -0.293. The third kappa shape index (κ3) is 17.8. The molecule has 390 valence electrons. The number of carbonyl (C=O) groups is 4. The number of ether oxygens (including phenoxy) is 10. The van der Waals surface area contributed by atoms with Crippen molar-refractivity contribution in [2.75, 3.05) is 67.1 Å². The third-order valence-corrected chi connectivity index (χ3v) is 13.2. The van der Waals surface area contributed by atoms with Crippen LogP contribution in [0.4, 0.5) is 0 Å². The van der Waals surface area contributed by atoms with Crippen LogP contribution in [-0.4, -0.2) is 138 Å². The van der Waals surface area contributed by atoms with Crippen LogP contribution in [-0.2, 0) is 71.7 Å². The fraction of sp³-hybridized carbons (Fsp3) is 0.549. The van der Waals surface area contributed by atoms with Crippen molar-refractivity contribution in [2.45, 2.75) is 110 Å². The second-order valence-electron chi connectivity index (χ2n) is 17.0. The number of amides is 1. The molecule has 0 spiro atoms. The molecule has 4 rings (SSSR count). The van der Waals surface area contributed by atoms with Gasteiger partial charge in [0, 0.05) is 39.3 Å². The molecule has 19 nitrogen and oxygen atoms in total. The molecular weight excluding hydrogens is 942 g/mol. The summed E-state index contributed by atoms with van der Waals surface area (Å²) < 4.78 is 74.1. The van der Waals surface area contributed by atoms with E-state index in [4.69, 9.17) is 62.1 Å². The summed E-state index contributed by atoms with van der Waals surface area (Å²) in [6.07, 6.45) is -5.70. The molecular formula is C51H70N3O16P. The highest BCUT2D eigenvalue weighted by Gasteiger charge is 2.51. The van der Waals surface area contributed by atoms with E-state index in [1.54, 1.807) is 14.2 Å². The van der Waals surface area contributed by atoms with Gasteiger partial charge >= 0.3 is 17.9 Å². The number of nitrogens with two attached hydrogens (primary N) is 1. The van der Waals surface area contributed by atoms with Gasteiger partial charge in [-0.15, -0.1) is 0 Å². The first-order valence-electron chi connectivity index (χ1n) is 23.5. The Kier molecular flexibility index (Phi) is 24.6. The molecule has 0 radical (unpaired) electrons. The molecule has 2 N–H and O–H groups in total. The van der Waals surface area contributed by atoms with E-state index >= 15 is 0 Å². The van der Waals surface area contributed by atoms with Gasteiger partial charge in [0.2, 0.25) is 5.91 Å². The zero-order valence-corrected chi connectivity index (χ0v) is 43.0. The van der Waals surface area contributed by atoms with E-state index in [0.29, 0.717) is 11.5 Å². The number of carbonyl (C=O) groups excluding carboxylic acids is 4. The maximum absolute atomic E-state index is 12.2. The number of hydrogen-bond acceptors (Lipinski definition) is 18. The predicted octanol–water partition coefficient (Wildman–Crippen LogP) is 6.37. The highest BCUT2D eigenvalue weighted by Crippen LogP contribution is 2.48. The van der Waals surface area contributed by atoms with Gasteiger partial charge in [-0.25, -0.2) is 4.67 Å². The Morgan fingerprint density at radius 3 is 1.80 bits per heavy atom. The van der Waals surface area contributed by atoms with Gasteiger partial charge in [0.05, 0.1) is 78.9 Å². The molecule has 1 aliphatic heterocycles. The number of primary amides is 1. The highest BCUT2D eigenvalue weighted by molar-refractivity contribution is 7.44. The lowest BCUT2D eigenvalue weighted by Gasteiger charge is -2.44. The Bertz CT molecular complexity index is 2070. The van der Waals surface area contributed by atoms with Crippen molar-refractivity contribution in [1.82, 2.24) is 4.67 Å². The number of nitriles is 1. The lowest BCUT2D eigenvalue weighted by atomic mass is 9.80. The van der Waals surface area contributed by atoms with Crippen LogP contribution in [0.1, 0.15) is 78.0 Å².